The van der Waals surface area contributed by atoms with E-state index in [1.165, 1.54) is 155 Å². The van der Waals surface area contributed by atoms with Crippen molar-refractivity contribution in [2.24, 2.45) is 0 Å². The molecule has 6 aromatic carbocycles. The molecule has 2 aliphatic rings. The first-order chi connectivity index (χ1) is 27.3. The zero-order valence-electron chi connectivity index (χ0n) is 34.0. The maximum Gasteiger partial charge on any atom is 0.0484 e. The number of benzene rings is 6. The largest absolute Gasteiger partial charge is 0.0837 e. The Bertz CT molecular complexity index is 2350. The minimum atomic E-state index is -0.128. The Morgan fingerprint density at radius 1 is 0.446 bits per heavy atom. The molecular weight excluding hydrogens is 764 g/mol. The topological polar surface area (TPSA) is 0 Å². The summed E-state index contributed by atoms with van der Waals surface area (Å²) in [6.07, 6.45) is 18.4. The lowest BCUT2D eigenvalue weighted by atomic mass is 9.70. The summed E-state index contributed by atoms with van der Waals surface area (Å²) < 4.78 is 1.20. The normalized spacial score (nSPS) is 14.5. The third kappa shape index (κ3) is 7.22. The van der Waals surface area contributed by atoms with Crippen LogP contribution in [0.25, 0.3) is 55.3 Å². The zero-order chi connectivity index (χ0) is 38.9. The van der Waals surface area contributed by atoms with Gasteiger partial charge in [0.05, 0.1) is 0 Å². The summed E-state index contributed by atoms with van der Waals surface area (Å²) in [4.78, 5) is 0. The van der Waals surface area contributed by atoms with Crippen LogP contribution >= 0.6 is 27.5 Å². The maximum absolute atomic E-state index is 6.64. The number of fused-ring (bicyclic) bond motifs is 7. The van der Waals surface area contributed by atoms with Crippen LogP contribution in [0.2, 0.25) is 5.02 Å². The van der Waals surface area contributed by atoms with Crippen molar-refractivity contribution in [3.8, 4) is 44.5 Å². The monoisotopic (exact) mass is 820 g/mol. The van der Waals surface area contributed by atoms with Gasteiger partial charge in [-0.05, 0) is 121 Å². The first kappa shape index (κ1) is 39.2. The number of unbranched alkanes of at least 4 members (excludes halogenated alkanes) is 10. The van der Waals surface area contributed by atoms with Gasteiger partial charge in [-0.25, -0.2) is 0 Å². The molecule has 288 valence electrons. The summed E-state index contributed by atoms with van der Waals surface area (Å²) in [5, 5.41) is 3.11. The van der Waals surface area contributed by atoms with Gasteiger partial charge in [-0.2, -0.15) is 0 Å². The van der Waals surface area contributed by atoms with Gasteiger partial charge in [0.2, 0.25) is 0 Å². The Morgan fingerprint density at radius 2 is 0.893 bits per heavy atom. The van der Waals surface area contributed by atoms with Crippen LogP contribution in [0.15, 0.2) is 114 Å². The fraction of sp³-hybridized carbons (Fsp3) is 0.370. The van der Waals surface area contributed by atoms with Crippen LogP contribution in [0.4, 0.5) is 0 Å². The Labute approximate surface area is 350 Å². The molecule has 0 unspecified atom stereocenters. The number of halogens is 2. The van der Waals surface area contributed by atoms with Crippen molar-refractivity contribution in [3.05, 3.63) is 141 Å². The highest BCUT2D eigenvalue weighted by molar-refractivity contribution is 9.10. The molecule has 2 heteroatoms. The van der Waals surface area contributed by atoms with Crippen molar-refractivity contribution < 1.29 is 0 Å². The molecule has 0 amide bonds. The summed E-state index contributed by atoms with van der Waals surface area (Å²) >= 11 is 10.6. The maximum atomic E-state index is 6.64. The van der Waals surface area contributed by atoms with Crippen molar-refractivity contribution in [1.82, 2.24) is 0 Å². The van der Waals surface area contributed by atoms with Crippen LogP contribution in [0.3, 0.4) is 0 Å². The van der Waals surface area contributed by atoms with Gasteiger partial charge in [0.15, 0.2) is 0 Å². The molecule has 0 bridgehead atoms. The molecule has 6 aromatic rings. The van der Waals surface area contributed by atoms with Crippen molar-refractivity contribution in [2.75, 3.05) is 0 Å². The fourth-order valence-electron chi connectivity index (χ4n) is 10.3. The first-order valence-corrected chi connectivity index (χ1v) is 22.9. The van der Waals surface area contributed by atoms with Gasteiger partial charge in [-0.1, -0.05) is 205 Å². The number of hydrogen-bond donors (Lipinski definition) is 0. The predicted molar refractivity (Wildman–Crippen MR) is 247 cm³/mol. The van der Waals surface area contributed by atoms with Crippen LogP contribution < -0.4 is 0 Å². The lowest BCUT2D eigenvalue weighted by molar-refractivity contribution is 0.398. The SMILES string of the molecule is CCCCCCCCC1(CCCCCCCC)c2cc(Br)ccc2-c2ccc(-c3ccc4c(c3)C(C)(C)c3cc(-c5ccc(Cl)c6ccccc56)ccc3-4)cc21. The Balaban J connectivity index is 1.15. The Kier molecular flexibility index (Phi) is 11.7. The second-order valence-corrected chi connectivity index (χ2v) is 18.7. The van der Waals surface area contributed by atoms with Crippen LogP contribution in [0.5, 0.6) is 0 Å². The Morgan fingerprint density at radius 3 is 1.50 bits per heavy atom. The van der Waals surface area contributed by atoms with Gasteiger partial charge in [-0.3, -0.25) is 0 Å². The average molecular weight is 822 g/mol. The van der Waals surface area contributed by atoms with Gasteiger partial charge < -0.3 is 0 Å². The van der Waals surface area contributed by atoms with E-state index in [-0.39, 0.29) is 10.8 Å². The molecule has 0 saturated carbocycles. The number of rotatable bonds is 16. The molecule has 0 nitrogen and oxygen atoms in total. The van der Waals surface area contributed by atoms with Crippen molar-refractivity contribution in [2.45, 2.75) is 128 Å². The highest BCUT2D eigenvalue weighted by Gasteiger charge is 2.43. The fourth-order valence-corrected chi connectivity index (χ4v) is 10.9. The van der Waals surface area contributed by atoms with Crippen LogP contribution in [-0.4, -0.2) is 0 Å². The summed E-state index contributed by atoms with van der Waals surface area (Å²) in [6, 6.07) is 41.7. The molecule has 0 aliphatic heterocycles. The molecule has 0 spiro atoms. The van der Waals surface area contributed by atoms with E-state index in [1.54, 1.807) is 11.1 Å². The van der Waals surface area contributed by atoms with E-state index in [9.17, 15) is 0 Å². The third-order valence-corrected chi connectivity index (χ3v) is 14.3. The molecule has 0 heterocycles. The molecular formula is C54H58BrCl. The summed E-state index contributed by atoms with van der Waals surface area (Å²) in [5.41, 5.74) is 16.6. The summed E-state index contributed by atoms with van der Waals surface area (Å²) in [5.74, 6) is 0. The van der Waals surface area contributed by atoms with Gasteiger partial charge in [0.1, 0.15) is 0 Å². The van der Waals surface area contributed by atoms with Gasteiger partial charge in [0, 0.05) is 25.7 Å². The van der Waals surface area contributed by atoms with E-state index in [1.807, 2.05) is 6.07 Å². The van der Waals surface area contributed by atoms with Crippen LogP contribution in [0.1, 0.15) is 140 Å². The van der Waals surface area contributed by atoms with Gasteiger partial charge >= 0.3 is 0 Å². The molecule has 0 fully saturated rings. The molecule has 0 N–H and O–H groups in total. The predicted octanol–water partition coefficient (Wildman–Crippen LogP) is 17.7. The van der Waals surface area contributed by atoms with Crippen LogP contribution in [0, 0.1) is 0 Å². The first-order valence-electron chi connectivity index (χ1n) is 21.7. The molecule has 0 radical (unpaired) electrons. The van der Waals surface area contributed by atoms with Gasteiger partial charge in [0.25, 0.3) is 0 Å². The highest BCUT2D eigenvalue weighted by atomic mass is 79.9. The lowest BCUT2D eigenvalue weighted by Crippen LogP contribution is -2.25. The highest BCUT2D eigenvalue weighted by Crippen LogP contribution is 2.56. The lowest BCUT2D eigenvalue weighted by Gasteiger charge is -2.33. The van der Waals surface area contributed by atoms with E-state index in [4.69, 9.17) is 11.6 Å². The second-order valence-electron chi connectivity index (χ2n) is 17.4. The molecule has 2 aliphatic carbocycles. The van der Waals surface area contributed by atoms with E-state index in [0.717, 1.165) is 10.4 Å². The van der Waals surface area contributed by atoms with Gasteiger partial charge in [-0.15, -0.1) is 0 Å². The zero-order valence-corrected chi connectivity index (χ0v) is 36.4. The van der Waals surface area contributed by atoms with E-state index < -0.39 is 0 Å². The Hall–Kier alpha value is -3.65. The molecule has 0 atom stereocenters. The van der Waals surface area contributed by atoms with Crippen molar-refractivity contribution in [3.63, 3.8) is 0 Å². The molecule has 8 rings (SSSR count). The van der Waals surface area contributed by atoms with Crippen LogP contribution in [-0.2, 0) is 10.8 Å². The standard InChI is InChI=1S/C54H58BrCl/c1-5-7-9-11-13-17-31-54(32-18-14-12-10-8-6-2)50-34-38(22-26-45(50)46-28-24-40(55)36-51(46)54)37-21-25-43-44-27-23-39(35-49(44)53(3,4)48(43)33-37)41-29-30-52(56)47-20-16-15-19-42(41)47/h15-16,19-30,33-36H,5-14,17-18,31-32H2,1-4H3. The minimum absolute atomic E-state index is 0.0500. The molecule has 0 saturated heterocycles. The summed E-state index contributed by atoms with van der Waals surface area (Å²) in [7, 11) is 0. The molecule has 0 aromatic heterocycles. The van der Waals surface area contributed by atoms with Crippen molar-refractivity contribution in [1.29, 1.82) is 0 Å². The van der Waals surface area contributed by atoms with Crippen molar-refractivity contribution >= 4 is 38.3 Å². The minimum Gasteiger partial charge on any atom is -0.0837 e. The third-order valence-electron chi connectivity index (χ3n) is 13.4. The second kappa shape index (κ2) is 16.7. The van der Waals surface area contributed by atoms with E-state index >= 15 is 0 Å². The average Bonchev–Trinajstić information content (AvgIpc) is 3.60. The van der Waals surface area contributed by atoms with E-state index in [2.05, 4.69) is 147 Å². The molecule has 56 heavy (non-hydrogen) atoms. The van der Waals surface area contributed by atoms with E-state index in [0.29, 0.717) is 0 Å². The summed E-state index contributed by atoms with van der Waals surface area (Å²) in [6.45, 7) is 9.46. The quantitative estimate of drug-likeness (QED) is 0.0853. The number of hydrogen-bond acceptors (Lipinski definition) is 0. The smallest absolute Gasteiger partial charge is 0.0484 e.